The molecule has 1 aromatic carbocycles. The molecule has 2 rings (SSSR count). The number of carbonyl (C=O) groups excluding carboxylic acids is 3. The van der Waals surface area contributed by atoms with Gasteiger partial charge in [-0.3, -0.25) is 14.5 Å². The summed E-state index contributed by atoms with van der Waals surface area (Å²) in [6.45, 7) is -0.526. The monoisotopic (exact) mass is 263 g/mol. The predicted octanol–water partition coefficient (Wildman–Crippen LogP) is -0.0896. The molecule has 1 N–H and O–H groups in total. The SMILES string of the molecule is O=C(O)C(=O)OCCN1C(=O)c2ccccc2C1=O. The van der Waals surface area contributed by atoms with Gasteiger partial charge in [-0.15, -0.1) is 0 Å². The van der Waals surface area contributed by atoms with E-state index in [0.29, 0.717) is 0 Å². The normalized spacial score (nSPS) is 13.4. The van der Waals surface area contributed by atoms with Gasteiger partial charge in [0.25, 0.3) is 11.8 Å². The van der Waals surface area contributed by atoms with Crippen molar-refractivity contribution in [2.45, 2.75) is 0 Å². The van der Waals surface area contributed by atoms with Crippen molar-refractivity contribution < 1.29 is 29.0 Å². The summed E-state index contributed by atoms with van der Waals surface area (Å²) in [5.74, 6) is -4.10. The summed E-state index contributed by atoms with van der Waals surface area (Å²) in [7, 11) is 0. The predicted molar refractivity (Wildman–Crippen MR) is 60.4 cm³/mol. The van der Waals surface area contributed by atoms with Crippen LogP contribution in [0, 0.1) is 0 Å². The standard InChI is InChI=1S/C12H9NO6/c14-9-7-3-1-2-4-8(7)10(15)13(9)5-6-19-12(18)11(16)17/h1-4H,5-6H2,(H,16,17). The number of ether oxygens (including phenoxy) is 1. The van der Waals surface area contributed by atoms with E-state index in [1.54, 1.807) is 12.1 Å². The first kappa shape index (κ1) is 12.7. The Labute approximate surface area is 107 Å². The van der Waals surface area contributed by atoms with Gasteiger partial charge in [0.1, 0.15) is 6.61 Å². The molecule has 7 heteroatoms. The number of carbonyl (C=O) groups is 4. The third kappa shape index (κ3) is 2.30. The summed E-state index contributed by atoms with van der Waals surface area (Å²) in [5, 5.41) is 8.30. The Balaban J connectivity index is 2.01. The lowest BCUT2D eigenvalue weighted by atomic mass is 10.1. The number of carboxylic acid groups (broad SMARTS) is 1. The lowest BCUT2D eigenvalue weighted by Gasteiger charge is -2.12. The average molecular weight is 263 g/mol. The fraction of sp³-hybridized carbons (Fsp3) is 0.167. The van der Waals surface area contributed by atoms with Gasteiger partial charge >= 0.3 is 11.9 Å². The van der Waals surface area contributed by atoms with E-state index in [1.807, 2.05) is 0 Å². The number of fused-ring (bicyclic) bond motifs is 1. The Morgan fingerprint density at radius 1 is 1.11 bits per heavy atom. The quantitative estimate of drug-likeness (QED) is 0.464. The van der Waals surface area contributed by atoms with Gasteiger partial charge in [-0.2, -0.15) is 0 Å². The zero-order chi connectivity index (χ0) is 14.0. The molecule has 1 heterocycles. The smallest absolute Gasteiger partial charge is 0.417 e. The topological polar surface area (TPSA) is 101 Å². The third-order valence-corrected chi connectivity index (χ3v) is 2.60. The van der Waals surface area contributed by atoms with E-state index in [2.05, 4.69) is 4.74 Å². The molecule has 1 aromatic rings. The van der Waals surface area contributed by atoms with E-state index in [9.17, 15) is 19.2 Å². The Kier molecular flexibility index (Phi) is 3.28. The van der Waals surface area contributed by atoms with E-state index in [-0.39, 0.29) is 24.3 Å². The van der Waals surface area contributed by atoms with Crippen LogP contribution in [0.25, 0.3) is 0 Å². The first-order valence-electron chi connectivity index (χ1n) is 5.37. The molecule has 0 fully saturated rings. The van der Waals surface area contributed by atoms with Gasteiger partial charge in [0.15, 0.2) is 0 Å². The number of nitrogens with zero attached hydrogens (tertiary/aromatic N) is 1. The van der Waals surface area contributed by atoms with E-state index in [0.717, 1.165) is 4.90 Å². The molecular weight excluding hydrogens is 254 g/mol. The number of benzene rings is 1. The van der Waals surface area contributed by atoms with Gasteiger partial charge in [-0.05, 0) is 12.1 Å². The van der Waals surface area contributed by atoms with Crippen LogP contribution in [-0.4, -0.2) is 46.9 Å². The first-order valence-corrected chi connectivity index (χ1v) is 5.37. The van der Waals surface area contributed by atoms with E-state index in [4.69, 9.17) is 5.11 Å². The van der Waals surface area contributed by atoms with Crippen LogP contribution < -0.4 is 0 Å². The molecule has 2 amide bonds. The molecule has 7 nitrogen and oxygen atoms in total. The Morgan fingerprint density at radius 2 is 1.63 bits per heavy atom. The summed E-state index contributed by atoms with van der Waals surface area (Å²) >= 11 is 0. The summed E-state index contributed by atoms with van der Waals surface area (Å²) < 4.78 is 4.38. The zero-order valence-electron chi connectivity index (χ0n) is 9.66. The van der Waals surface area contributed by atoms with Crippen LogP contribution in [0.4, 0.5) is 0 Å². The van der Waals surface area contributed by atoms with Crippen molar-refractivity contribution in [3.8, 4) is 0 Å². The number of esters is 1. The summed E-state index contributed by atoms with van der Waals surface area (Å²) in [5.41, 5.74) is 0.578. The largest absolute Gasteiger partial charge is 0.473 e. The fourth-order valence-corrected chi connectivity index (χ4v) is 1.73. The molecule has 0 spiro atoms. The minimum absolute atomic E-state index is 0.175. The zero-order valence-corrected chi connectivity index (χ0v) is 9.66. The van der Waals surface area contributed by atoms with E-state index >= 15 is 0 Å². The summed E-state index contributed by atoms with van der Waals surface area (Å²) in [6.07, 6.45) is 0. The maximum atomic E-state index is 11.9. The highest BCUT2D eigenvalue weighted by Gasteiger charge is 2.34. The highest BCUT2D eigenvalue weighted by Crippen LogP contribution is 2.21. The van der Waals surface area contributed by atoms with Gasteiger partial charge < -0.3 is 9.84 Å². The van der Waals surface area contributed by atoms with Crippen LogP contribution in [0.1, 0.15) is 20.7 Å². The molecule has 0 unspecified atom stereocenters. The van der Waals surface area contributed by atoms with Crippen molar-refractivity contribution in [2.75, 3.05) is 13.2 Å². The summed E-state index contributed by atoms with van der Waals surface area (Å²) in [6, 6.07) is 6.33. The van der Waals surface area contributed by atoms with E-state index in [1.165, 1.54) is 12.1 Å². The van der Waals surface area contributed by atoms with E-state index < -0.39 is 23.8 Å². The lowest BCUT2D eigenvalue weighted by molar-refractivity contribution is -0.163. The minimum atomic E-state index is -1.72. The first-order chi connectivity index (χ1) is 9.02. The van der Waals surface area contributed by atoms with Gasteiger partial charge in [0.05, 0.1) is 17.7 Å². The highest BCUT2D eigenvalue weighted by atomic mass is 16.6. The maximum absolute atomic E-state index is 11.9. The van der Waals surface area contributed by atoms with Crippen molar-refractivity contribution in [3.05, 3.63) is 35.4 Å². The molecule has 0 atom stereocenters. The second-order valence-electron chi connectivity index (χ2n) is 3.75. The Morgan fingerprint density at radius 3 is 2.11 bits per heavy atom. The highest BCUT2D eigenvalue weighted by molar-refractivity contribution is 6.28. The molecule has 0 saturated carbocycles. The molecule has 19 heavy (non-hydrogen) atoms. The number of rotatable bonds is 3. The van der Waals surface area contributed by atoms with Crippen LogP contribution in [0.3, 0.4) is 0 Å². The van der Waals surface area contributed by atoms with Crippen molar-refractivity contribution in [1.82, 2.24) is 4.90 Å². The molecule has 0 radical (unpaired) electrons. The van der Waals surface area contributed by atoms with Crippen molar-refractivity contribution in [1.29, 1.82) is 0 Å². The molecule has 98 valence electrons. The second-order valence-corrected chi connectivity index (χ2v) is 3.75. The number of hydrogen-bond donors (Lipinski definition) is 1. The Bertz CT molecular complexity index is 544. The van der Waals surface area contributed by atoms with Crippen molar-refractivity contribution in [2.24, 2.45) is 0 Å². The van der Waals surface area contributed by atoms with Gasteiger partial charge in [0.2, 0.25) is 0 Å². The Hall–Kier alpha value is -2.70. The number of amides is 2. The van der Waals surface area contributed by atoms with Gasteiger partial charge in [-0.25, -0.2) is 9.59 Å². The average Bonchev–Trinajstić information content (AvgIpc) is 2.64. The van der Waals surface area contributed by atoms with Crippen LogP contribution in [-0.2, 0) is 14.3 Å². The minimum Gasteiger partial charge on any atom is -0.473 e. The molecular formula is C12H9NO6. The molecule has 1 aliphatic heterocycles. The second kappa shape index (κ2) is 4.89. The number of hydrogen-bond acceptors (Lipinski definition) is 5. The fourth-order valence-electron chi connectivity index (χ4n) is 1.73. The molecule has 1 aliphatic rings. The number of imide groups is 1. The van der Waals surface area contributed by atoms with Crippen LogP contribution in [0.15, 0.2) is 24.3 Å². The van der Waals surface area contributed by atoms with Crippen LogP contribution >= 0.6 is 0 Å². The van der Waals surface area contributed by atoms with Gasteiger partial charge in [-0.1, -0.05) is 12.1 Å². The molecule has 0 aromatic heterocycles. The third-order valence-electron chi connectivity index (χ3n) is 2.60. The maximum Gasteiger partial charge on any atom is 0.417 e. The number of carboxylic acids is 1. The van der Waals surface area contributed by atoms with Crippen LogP contribution in [0.5, 0.6) is 0 Å². The van der Waals surface area contributed by atoms with Crippen LogP contribution in [0.2, 0.25) is 0 Å². The molecule has 0 saturated heterocycles. The summed E-state index contributed by atoms with van der Waals surface area (Å²) in [4.78, 5) is 45.5. The number of aliphatic carboxylic acids is 1. The van der Waals surface area contributed by atoms with Crippen molar-refractivity contribution in [3.63, 3.8) is 0 Å². The molecule has 0 bridgehead atoms. The van der Waals surface area contributed by atoms with Crippen molar-refractivity contribution >= 4 is 23.8 Å². The lowest BCUT2D eigenvalue weighted by Crippen LogP contribution is -2.34. The van der Waals surface area contributed by atoms with Gasteiger partial charge in [0, 0.05) is 0 Å². The molecule has 0 aliphatic carbocycles.